The highest BCUT2D eigenvalue weighted by molar-refractivity contribution is 5.43. The average molecular weight is 281 g/mol. The molecule has 0 aliphatic rings. The van der Waals surface area contributed by atoms with Gasteiger partial charge in [-0.3, -0.25) is 0 Å². The molecule has 1 N–H and O–H groups in total. The van der Waals surface area contributed by atoms with E-state index in [4.69, 9.17) is 14.2 Å². The van der Waals surface area contributed by atoms with E-state index in [1.807, 2.05) is 25.1 Å². The maximum atomic E-state index is 5.76. The second-order valence-corrected chi connectivity index (χ2v) is 4.70. The maximum Gasteiger partial charge on any atom is 0.127 e. The Balaban J connectivity index is 3.04. The summed E-state index contributed by atoms with van der Waals surface area (Å²) < 4.78 is 16.5. The highest BCUT2D eigenvalue weighted by atomic mass is 16.5. The van der Waals surface area contributed by atoms with Gasteiger partial charge in [-0.05, 0) is 38.9 Å². The van der Waals surface area contributed by atoms with Gasteiger partial charge in [0.25, 0.3) is 0 Å². The van der Waals surface area contributed by atoms with Gasteiger partial charge in [-0.15, -0.1) is 0 Å². The molecule has 20 heavy (non-hydrogen) atoms. The molecule has 2 unspecified atom stereocenters. The Morgan fingerprint density at radius 3 is 2.45 bits per heavy atom. The molecule has 1 rings (SSSR count). The molecule has 114 valence electrons. The fourth-order valence-electron chi connectivity index (χ4n) is 2.26. The fourth-order valence-corrected chi connectivity index (χ4v) is 2.26. The van der Waals surface area contributed by atoms with Gasteiger partial charge < -0.3 is 19.5 Å². The van der Waals surface area contributed by atoms with Gasteiger partial charge in [0.15, 0.2) is 0 Å². The average Bonchev–Trinajstić information content (AvgIpc) is 2.48. The van der Waals surface area contributed by atoms with E-state index in [1.165, 1.54) is 0 Å². The van der Waals surface area contributed by atoms with Crippen molar-refractivity contribution in [2.24, 2.45) is 0 Å². The summed E-state index contributed by atoms with van der Waals surface area (Å²) in [6.45, 7) is 7.89. The quantitative estimate of drug-likeness (QED) is 0.754. The topological polar surface area (TPSA) is 39.7 Å². The van der Waals surface area contributed by atoms with Crippen LogP contribution in [-0.2, 0) is 4.74 Å². The zero-order valence-electron chi connectivity index (χ0n) is 13.2. The summed E-state index contributed by atoms with van der Waals surface area (Å²) in [5.41, 5.74) is 1.10. The molecule has 2 atom stereocenters. The normalized spacial score (nSPS) is 13.8. The summed E-state index contributed by atoms with van der Waals surface area (Å²) in [6, 6.07) is 6.02. The summed E-state index contributed by atoms with van der Waals surface area (Å²) >= 11 is 0. The number of benzene rings is 1. The Bertz CT molecular complexity index is 395. The van der Waals surface area contributed by atoms with Crippen LogP contribution in [0.15, 0.2) is 18.2 Å². The van der Waals surface area contributed by atoms with Gasteiger partial charge in [-0.1, -0.05) is 6.92 Å². The molecule has 0 aliphatic heterocycles. The fraction of sp³-hybridized carbons (Fsp3) is 0.625. The van der Waals surface area contributed by atoms with Crippen LogP contribution in [0.1, 0.15) is 38.8 Å². The van der Waals surface area contributed by atoms with Gasteiger partial charge in [0.1, 0.15) is 11.5 Å². The number of methoxy groups -OCH3 is 2. The molecule has 0 aromatic heterocycles. The molecular formula is C16H27NO3. The van der Waals surface area contributed by atoms with Gasteiger partial charge in [0.05, 0.1) is 26.4 Å². The first-order valence-corrected chi connectivity index (χ1v) is 7.24. The number of hydrogen-bond acceptors (Lipinski definition) is 4. The number of nitrogens with one attached hydrogen (secondary N) is 1. The van der Waals surface area contributed by atoms with Crippen molar-refractivity contribution >= 4 is 0 Å². The van der Waals surface area contributed by atoms with Gasteiger partial charge in [-0.2, -0.15) is 0 Å². The number of ether oxygens (including phenoxy) is 3. The Morgan fingerprint density at radius 2 is 1.90 bits per heavy atom. The van der Waals surface area contributed by atoms with E-state index in [9.17, 15) is 0 Å². The zero-order valence-corrected chi connectivity index (χ0v) is 13.2. The van der Waals surface area contributed by atoms with E-state index in [0.29, 0.717) is 6.61 Å². The molecule has 0 aliphatic carbocycles. The Hall–Kier alpha value is -1.26. The minimum atomic E-state index is 0.0776. The largest absolute Gasteiger partial charge is 0.497 e. The van der Waals surface area contributed by atoms with Crippen LogP contribution in [0.3, 0.4) is 0 Å². The molecule has 4 heteroatoms. The second kappa shape index (κ2) is 8.82. The van der Waals surface area contributed by atoms with Crippen molar-refractivity contribution < 1.29 is 14.2 Å². The number of rotatable bonds is 9. The predicted molar refractivity (Wildman–Crippen MR) is 81.7 cm³/mol. The van der Waals surface area contributed by atoms with Crippen molar-refractivity contribution in [2.45, 2.75) is 39.3 Å². The maximum absolute atomic E-state index is 5.76. The first kappa shape index (κ1) is 16.8. The zero-order chi connectivity index (χ0) is 15.0. The molecule has 0 heterocycles. The molecule has 0 radical (unpaired) electrons. The lowest BCUT2D eigenvalue weighted by Crippen LogP contribution is -2.33. The van der Waals surface area contributed by atoms with Crippen LogP contribution in [0.5, 0.6) is 11.5 Å². The van der Waals surface area contributed by atoms with E-state index >= 15 is 0 Å². The molecule has 1 aromatic carbocycles. The molecule has 0 amide bonds. The minimum Gasteiger partial charge on any atom is -0.497 e. The van der Waals surface area contributed by atoms with E-state index in [-0.39, 0.29) is 12.1 Å². The smallest absolute Gasteiger partial charge is 0.127 e. The third-order valence-corrected chi connectivity index (χ3v) is 3.29. The Labute approximate surface area is 122 Å². The highest BCUT2D eigenvalue weighted by Gasteiger charge is 2.22. The molecule has 1 aromatic rings. The van der Waals surface area contributed by atoms with E-state index in [2.05, 4.69) is 19.2 Å². The van der Waals surface area contributed by atoms with E-state index < -0.39 is 0 Å². The Kier molecular flexibility index (Phi) is 7.41. The van der Waals surface area contributed by atoms with Crippen LogP contribution in [0, 0.1) is 0 Å². The van der Waals surface area contributed by atoms with Crippen LogP contribution in [0.2, 0.25) is 0 Å². The van der Waals surface area contributed by atoms with E-state index in [0.717, 1.165) is 30.0 Å². The van der Waals surface area contributed by atoms with Crippen LogP contribution in [0.25, 0.3) is 0 Å². The van der Waals surface area contributed by atoms with Crippen molar-refractivity contribution in [3.05, 3.63) is 23.8 Å². The summed E-state index contributed by atoms with van der Waals surface area (Å²) in [5, 5.41) is 3.54. The van der Waals surface area contributed by atoms with Crippen molar-refractivity contribution in [3.8, 4) is 11.5 Å². The SMILES string of the molecule is CCCNC(c1ccc(OC)cc1OC)C(C)OCC. The lowest BCUT2D eigenvalue weighted by molar-refractivity contribution is 0.0466. The molecule has 0 saturated carbocycles. The molecule has 0 bridgehead atoms. The lowest BCUT2D eigenvalue weighted by atomic mass is 10.0. The summed E-state index contributed by atoms with van der Waals surface area (Å²) in [7, 11) is 3.34. The van der Waals surface area contributed by atoms with Crippen molar-refractivity contribution in [3.63, 3.8) is 0 Å². The third kappa shape index (κ3) is 4.39. The third-order valence-electron chi connectivity index (χ3n) is 3.29. The van der Waals surface area contributed by atoms with Crippen LogP contribution < -0.4 is 14.8 Å². The van der Waals surface area contributed by atoms with Crippen molar-refractivity contribution in [2.75, 3.05) is 27.4 Å². The first-order chi connectivity index (χ1) is 9.67. The predicted octanol–water partition coefficient (Wildman–Crippen LogP) is 3.17. The van der Waals surface area contributed by atoms with Crippen molar-refractivity contribution in [1.82, 2.24) is 5.32 Å². The van der Waals surface area contributed by atoms with Gasteiger partial charge in [0, 0.05) is 18.2 Å². The molecule has 0 spiro atoms. The monoisotopic (exact) mass is 281 g/mol. The minimum absolute atomic E-state index is 0.0776. The highest BCUT2D eigenvalue weighted by Crippen LogP contribution is 2.32. The Morgan fingerprint density at radius 1 is 1.15 bits per heavy atom. The van der Waals surface area contributed by atoms with E-state index in [1.54, 1.807) is 14.2 Å². The van der Waals surface area contributed by atoms with Crippen LogP contribution >= 0.6 is 0 Å². The summed E-state index contributed by atoms with van der Waals surface area (Å²) in [4.78, 5) is 0. The molecular weight excluding hydrogens is 254 g/mol. The van der Waals surface area contributed by atoms with Crippen LogP contribution in [0.4, 0.5) is 0 Å². The van der Waals surface area contributed by atoms with Gasteiger partial charge >= 0.3 is 0 Å². The second-order valence-electron chi connectivity index (χ2n) is 4.70. The molecule has 0 fully saturated rings. The lowest BCUT2D eigenvalue weighted by Gasteiger charge is -2.27. The molecule has 0 saturated heterocycles. The summed E-state index contributed by atoms with van der Waals surface area (Å²) in [5.74, 6) is 1.62. The first-order valence-electron chi connectivity index (χ1n) is 7.24. The van der Waals surface area contributed by atoms with Crippen molar-refractivity contribution in [1.29, 1.82) is 0 Å². The summed E-state index contributed by atoms with van der Waals surface area (Å²) in [6.07, 6.45) is 1.15. The van der Waals surface area contributed by atoms with Gasteiger partial charge in [-0.25, -0.2) is 0 Å². The standard InChI is InChI=1S/C16H27NO3/c1-6-10-17-16(12(3)20-7-2)14-9-8-13(18-4)11-15(14)19-5/h8-9,11-12,16-17H,6-7,10H2,1-5H3. The van der Waals surface area contributed by atoms with Gasteiger partial charge in [0.2, 0.25) is 0 Å². The number of hydrogen-bond donors (Lipinski definition) is 1. The molecule has 4 nitrogen and oxygen atoms in total. The van der Waals surface area contributed by atoms with Crippen LogP contribution in [-0.4, -0.2) is 33.5 Å².